The third kappa shape index (κ3) is 3.56. The Bertz CT molecular complexity index is 464. The van der Waals surface area contributed by atoms with Gasteiger partial charge in [0.2, 0.25) is 0 Å². The largest absolute Gasteiger partial charge is 0.299 e. The Morgan fingerprint density at radius 3 is 2.79 bits per heavy atom. The predicted molar refractivity (Wildman–Crippen MR) is 78.2 cm³/mol. The third-order valence-corrected chi connectivity index (χ3v) is 4.65. The minimum absolute atomic E-state index is 0.123. The Hall–Kier alpha value is -0.890. The van der Waals surface area contributed by atoms with Crippen molar-refractivity contribution in [3.8, 4) is 0 Å². The molecule has 0 N–H and O–H groups in total. The molecule has 1 heterocycles. The molecule has 2 rings (SSSR count). The molecule has 1 aliphatic rings. The van der Waals surface area contributed by atoms with Crippen LogP contribution in [-0.2, 0) is 11.2 Å². The lowest BCUT2D eigenvalue weighted by atomic mass is 9.67. The monoisotopic (exact) mass is 279 g/mol. The molecule has 1 aromatic heterocycles. The van der Waals surface area contributed by atoms with Gasteiger partial charge in [-0.1, -0.05) is 32.4 Å². The zero-order valence-electron chi connectivity index (χ0n) is 11.9. The molecule has 1 saturated carbocycles. The third-order valence-electron chi connectivity index (χ3n) is 4.31. The maximum absolute atomic E-state index is 12.1. The van der Waals surface area contributed by atoms with Crippen LogP contribution in [0.2, 0.25) is 5.02 Å². The first kappa shape index (κ1) is 14.5. The van der Waals surface area contributed by atoms with Gasteiger partial charge in [0, 0.05) is 24.7 Å². The minimum atomic E-state index is 0.123. The number of rotatable bonds is 2. The number of ketones is 1. The number of Topliss-reactive ketones (excluding diaryl/α,β-unsaturated/α-hetero) is 1. The van der Waals surface area contributed by atoms with Crippen molar-refractivity contribution in [3.05, 3.63) is 29.0 Å². The van der Waals surface area contributed by atoms with Gasteiger partial charge in [-0.05, 0) is 42.2 Å². The molecule has 1 aliphatic carbocycles. The molecular formula is C16H22ClNO. The molecule has 0 radical (unpaired) electrons. The number of pyridine rings is 1. The molecule has 1 fully saturated rings. The van der Waals surface area contributed by atoms with E-state index in [1.54, 1.807) is 12.4 Å². The summed E-state index contributed by atoms with van der Waals surface area (Å²) >= 11 is 6.14. The second kappa shape index (κ2) is 5.62. The van der Waals surface area contributed by atoms with Crippen molar-refractivity contribution in [3.63, 3.8) is 0 Å². The average Bonchev–Trinajstić information content (AvgIpc) is 2.33. The van der Waals surface area contributed by atoms with Gasteiger partial charge in [0.05, 0.1) is 5.02 Å². The number of hydrogen-bond acceptors (Lipinski definition) is 2. The molecule has 1 aromatic rings. The molecule has 0 aliphatic heterocycles. The maximum Gasteiger partial charge on any atom is 0.136 e. The number of halogens is 1. The van der Waals surface area contributed by atoms with Gasteiger partial charge < -0.3 is 0 Å². The normalized spacial score (nSPS) is 24.5. The molecule has 0 bridgehead atoms. The summed E-state index contributed by atoms with van der Waals surface area (Å²) < 4.78 is 0. The van der Waals surface area contributed by atoms with Crippen molar-refractivity contribution >= 4 is 17.4 Å². The van der Waals surface area contributed by atoms with E-state index >= 15 is 0 Å². The highest BCUT2D eigenvalue weighted by atomic mass is 35.5. The predicted octanol–water partition coefficient (Wildman–Crippen LogP) is 4.31. The molecule has 0 spiro atoms. The van der Waals surface area contributed by atoms with E-state index in [9.17, 15) is 4.79 Å². The zero-order chi connectivity index (χ0) is 14.0. The highest BCUT2D eigenvalue weighted by Gasteiger charge is 2.34. The molecule has 0 amide bonds. The Morgan fingerprint density at radius 2 is 2.16 bits per heavy atom. The lowest BCUT2D eigenvalue weighted by Gasteiger charge is -2.37. The molecule has 2 nitrogen and oxygen atoms in total. The number of hydrogen-bond donors (Lipinski definition) is 0. The quantitative estimate of drug-likeness (QED) is 0.807. The highest BCUT2D eigenvalue weighted by Crippen LogP contribution is 2.40. The maximum atomic E-state index is 12.1. The van der Waals surface area contributed by atoms with Crippen LogP contribution in [0.4, 0.5) is 0 Å². The molecule has 3 heteroatoms. The average molecular weight is 280 g/mol. The fourth-order valence-electron chi connectivity index (χ4n) is 2.93. The summed E-state index contributed by atoms with van der Waals surface area (Å²) in [5.41, 5.74) is 1.32. The van der Waals surface area contributed by atoms with E-state index in [1.807, 2.05) is 6.07 Å². The second-order valence-corrected chi connectivity index (χ2v) is 7.08. The SMILES string of the molecule is CC(C)(C)C1CCC(=O)C(Cc2ccncc2Cl)C1. The standard InChI is InChI=1S/C16H22ClNO/c1-16(2,3)13-4-5-15(19)12(9-13)8-11-6-7-18-10-14(11)17/h6-7,10,12-13H,4-5,8-9H2,1-3H3. The number of nitrogens with zero attached hydrogens (tertiary/aromatic N) is 1. The van der Waals surface area contributed by atoms with Gasteiger partial charge in [-0.2, -0.15) is 0 Å². The van der Waals surface area contributed by atoms with Gasteiger partial charge >= 0.3 is 0 Å². The van der Waals surface area contributed by atoms with Crippen LogP contribution in [0.3, 0.4) is 0 Å². The Kier molecular flexibility index (Phi) is 4.29. The highest BCUT2D eigenvalue weighted by molar-refractivity contribution is 6.31. The lowest BCUT2D eigenvalue weighted by Crippen LogP contribution is -2.33. The van der Waals surface area contributed by atoms with Crippen molar-refractivity contribution in [2.45, 2.75) is 46.5 Å². The van der Waals surface area contributed by atoms with Crippen LogP contribution < -0.4 is 0 Å². The first-order chi connectivity index (χ1) is 8.88. The van der Waals surface area contributed by atoms with Gasteiger partial charge in [-0.3, -0.25) is 9.78 Å². The Morgan fingerprint density at radius 1 is 1.42 bits per heavy atom. The van der Waals surface area contributed by atoms with Crippen LogP contribution in [0, 0.1) is 17.3 Å². The fraction of sp³-hybridized carbons (Fsp3) is 0.625. The van der Waals surface area contributed by atoms with Crippen LogP contribution in [0.25, 0.3) is 0 Å². The van der Waals surface area contributed by atoms with Gasteiger partial charge in [0.1, 0.15) is 5.78 Å². The topological polar surface area (TPSA) is 30.0 Å². The van der Waals surface area contributed by atoms with Crippen molar-refractivity contribution in [2.24, 2.45) is 17.3 Å². The fourth-order valence-corrected chi connectivity index (χ4v) is 3.13. The van der Waals surface area contributed by atoms with Gasteiger partial charge in [0.25, 0.3) is 0 Å². The number of aromatic nitrogens is 1. The molecule has 0 saturated heterocycles. The molecule has 2 unspecified atom stereocenters. The lowest BCUT2D eigenvalue weighted by molar-refractivity contribution is -0.126. The van der Waals surface area contributed by atoms with Crippen LogP contribution >= 0.6 is 11.6 Å². The summed E-state index contributed by atoms with van der Waals surface area (Å²) in [4.78, 5) is 16.1. The van der Waals surface area contributed by atoms with E-state index in [0.717, 1.165) is 31.2 Å². The van der Waals surface area contributed by atoms with E-state index in [-0.39, 0.29) is 11.3 Å². The summed E-state index contributed by atoms with van der Waals surface area (Å²) in [6.07, 6.45) is 6.90. The first-order valence-electron chi connectivity index (χ1n) is 6.99. The van der Waals surface area contributed by atoms with Crippen molar-refractivity contribution in [1.29, 1.82) is 0 Å². The minimum Gasteiger partial charge on any atom is -0.299 e. The van der Waals surface area contributed by atoms with Crippen molar-refractivity contribution in [2.75, 3.05) is 0 Å². The van der Waals surface area contributed by atoms with E-state index in [2.05, 4.69) is 25.8 Å². The van der Waals surface area contributed by atoms with E-state index in [1.165, 1.54) is 0 Å². The molecular weight excluding hydrogens is 258 g/mol. The van der Waals surface area contributed by atoms with Gasteiger partial charge in [-0.15, -0.1) is 0 Å². The second-order valence-electron chi connectivity index (χ2n) is 6.67. The summed E-state index contributed by atoms with van der Waals surface area (Å²) in [6.45, 7) is 6.80. The smallest absolute Gasteiger partial charge is 0.136 e. The van der Waals surface area contributed by atoms with Gasteiger partial charge in [0.15, 0.2) is 0 Å². The Balaban J connectivity index is 2.10. The van der Waals surface area contributed by atoms with Crippen LogP contribution in [-0.4, -0.2) is 10.8 Å². The molecule has 104 valence electrons. The van der Waals surface area contributed by atoms with Crippen molar-refractivity contribution < 1.29 is 4.79 Å². The molecule has 0 aromatic carbocycles. The van der Waals surface area contributed by atoms with E-state index < -0.39 is 0 Å². The van der Waals surface area contributed by atoms with E-state index in [4.69, 9.17) is 11.6 Å². The van der Waals surface area contributed by atoms with E-state index in [0.29, 0.717) is 16.7 Å². The van der Waals surface area contributed by atoms with Crippen LogP contribution in [0.5, 0.6) is 0 Å². The number of carbonyl (C=O) groups is 1. The zero-order valence-corrected chi connectivity index (χ0v) is 12.7. The summed E-state index contributed by atoms with van der Waals surface area (Å²) in [5.74, 6) is 1.14. The summed E-state index contributed by atoms with van der Waals surface area (Å²) in [7, 11) is 0. The van der Waals surface area contributed by atoms with Crippen LogP contribution in [0.1, 0.15) is 45.6 Å². The first-order valence-corrected chi connectivity index (χ1v) is 7.37. The Labute approximate surface area is 120 Å². The molecule has 2 atom stereocenters. The van der Waals surface area contributed by atoms with Gasteiger partial charge in [-0.25, -0.2) is 0 Å². The summed E-state index contributed by atoms with van der Waals surface area (Å²) in [6, 6.07) is 1.93. The summed E-state index contributed by atoms with van der Waals surface area (Å²) in [5, 5.41) is 0.674. The van der Waals surface area contributed by atoms with Crippen molar-refractivity contribution in [1.82, 2.24) is 4.98 Å². The molecule has 19 heavy (non-hydrogen) atoms. The number of carbonyl (C=O) groups excluding carboxylic acids is 1. The van der Waals surface area contributed by atoms with Crippen LogP contribution in [0.15, 0.2) is 18.5 Å².